The van der Waals surface area contributed by atoms with Gasteiger partial charge in [-0.3, -0.25) is 4.79 Å². The van der Waals surface area contributed by atoms with E-state index in [0.717, 1.165) is 31.7 Å². The summed E-state index contributed by atoms with van der Waals surface area (Å²) in [6, 6.07) is 19.5. The predicted molar refractivity (Wildman–Crippen MR) is 112 cm³/mol. The highest BCUT2D eigenvalue weighted by Gasteiger charge is 2.46. The van der Waals surface area contributed by atoms with Gasteiger partial charge < -0.3 is 14.5 Å². The molecule has 0 aliphatic carbocycles. The molecule has 4 nitrogen and oxygen atoms in total. The number of amides is 1. The average molecular weight is 379 g/mol. The average Bonchev–Trinajstić information content (AvgIpc) is 3.09. The number of nitrogens with zero attached hydrogens (tertiary/aromatic N) is 2. The van der Waals surface area contributed by atoms with Gasteiger partial charge in [0, 0.05) is 31.5 Å². The Bertz CT molecular complexity index is 790. The normalized spacial score (nSPS) is 24.8. The second-order valence-corrected chi connectivity index (χ2v) is 8.09. The number of fused-ring (bicyclic) bond motifs is 1. The van der Waals surface area contributed by atoms with E-state index in [0.29, 0.717) is 24.3 Å². The van der Waals surface area contributed by atoms with E-state index in [-0.39, 0.29) is 6.04 Å². The number of likely N-dealkylation sites (N-methyl/N-ethyl adjacent to an activating group) is 1. The van der Waals surface area contributed by atoms with Crippen LogP contribution in [-0.4, -0.2) is 55.0 Å². The molecule has 28 heavy (non-hydrogen) atoms. The fraction of sp³-hybridized carbons (Fsp3) is 0.458. The smallest absolute Gasteiger partial charge is 0.223 e. The molecular weight excluding hydrogens is 348 g/mol. The number of benzene rings is 2. The highest BCUT2D eigenvalue weighted by molar-refractivity contribution is 5.77. The van der Waals surface area contributed by atoms with Gasteiger partial charge in [0.2, 0.25) is 5.91 Å². The zero-order valence-corrected chi connectivity index (χ0v) is 16.9. The van der Waals surface area contributed by atoms with Gasteiger partial charge in [0.15, 0.2) is 0 Å². The Morgan fingerprint density at radius 2 is 1.86 bits per heavy atom. The summed E-state index contributed by atoms with van der Waals surface area (Å²) in [4.78, 5) is 17.8. The SMILES string of the molecule is COc1ccc([C@H]2CN(C)[C@@H]3CCCN(C(=O)CCc4ccccc4)[C@H]23)cc1. The summed E-state index contributed by atoms with van der Waals surface area (Å²) < 4.78 is 5.32. The van der Waals surface area contributed by atoms with Crippen LogP contribution in [0.25, 0.3) is 0 Å². The molecular formula is C24H30N2O2. The van der Waals surface area contributed by atoms with E-state index in [2.05, 4.69) is 41.1 Å². The maximum atomic E-state index is 13.2. The van der Waals surface area contributed by atoms with E-state index in [1.54, 1.807) is 7.11 Å². The Balaban J connectivity index is 1.52. The molecule has 4 rings (SSSR count). The van der Waals surface area contributed by atoms with Crippen molar-refractivity contribution in [3.8, 4) is 5.75 Å². The van der Waals surface area contributed by atoms with Crippen molar-refractivity contribution in [3.63, 3.8) is 0 Å². The first-order valence-corrected chi connectivity index (χ1v) is 10.3. The molecule has 0 radical (unpaired) electrons. The van der Waals surface area contributed by atoms with Crippen LogP contribution in [-0.2, 0) is 11.2 Å². The number of carbonyl (C=O) groups excluding carboxylic acids is 1. The molecule has 0 spiro atoms. The molecule has 0 N–H and O–H groups in total. The third-order valence-electron chi connectivity index (χ3n) is 6.45. The maximum Gasteiger partial charge on any atom is 0.223 e. The largest absolute Gasteiger partial charge is 0.497 e. The molecule has 2 heterocycles. The maximum absolute atomic E-state index is 13.2. The molecule has 148 valence electrons. The number of methoxy groups -OCH3 is 1. The number of hydrogen-bond acceptors (Lipinski definition) is 3. The summed E-state index contributed by atoms with van der Waals surface area (Å²) in [7, 11) is 3.90. The van der Waals surface area contributed by atoms with Crippen LogP contribution < -0.4 is 4.74 Å². The van der Waals surface area contributed by atoms with Gasteiger partial charge >= 0.3 is 0 Å². The third kappa shape index (κ3) is 3.79. The minimum atomic E-state index is 0.274. The number of carbonyl (C=O) groups is 1. The Labute approximate surface area is 168 Å². The minimum Gasteiger partial charge on any atom is -0.497 e. The molecule has 4 heteroatoms. The van der Waals surface area contributed by atoms with Crippen LogP contribution in [0.5, 0.6) is 5.75 Å². The molecule has 2 saturated heterocycles. The Morgan fingerprint density at radius 3 is 2.57 bits per heavy atom. The number of likely N-dealkylation sites (tertiary alicyclic amines) is 2. The van der Waals surface area contributed by atoms with Crippen molar-refractivity contribution in [1.82, 2.24) is 9.80 Å². The van der Waals surface area contributed by atoms with Crippen molar-refractivity contribution in [2.75, 3.05) is 27.2 Å². The lowest BCUT2D eigenvalue weighted by molar-refractivity contribution is -0.135. The number of rotatable bonds is 5. The molecule has 3 atom stereocenters. The Kier molecular flexibility index (Phi) is 5.67. The van der Waals surface area contributed by atoms with Gasteiger partial charge in [-0.25, -0.2) is 0 Å². The number of hydrogen-bond donors (Lipinski definition) is 0. The van der Waals surface area contributed by atoms with Crippen LogP contribution in [0, 0.1) is 0 Å². The number of piperidine rings is 1. The quantitative estimate of drug-likeness (QED) is 0.795. The molecule has 1 amide bonds. The second kappa shape index (κ2) is 8.36. The highest BCUT2D eigenvalue weighted by atomic mass is 16.5. The van der Waals surface area contributed by atoms with Crippen molar-refractivity contribution >= 4 is 5.91 Å². The van der Waals surface area contributed by atoms with Crippen molar-refractivity contribution in [3.05, 3.63) is 65.7 Å². The summed E-state index contributed by atoms with van der Waals surface area (Å²) in [5.41, 5.74) is 2.54. The van der Waals surface area contributed by atoms with Crippen molar-refractivity contribution < 1.29 is 9.53 Å². The third-order valence-corrected chi connectivity index (χ3v) is 6.45. The minimum absolute atomic E-state index is 0.274. The Morgan fingerprint density at radius 1 is 1.11 bits per heavy atom. The van der Waals surface area contributed by atoms with Gasteiger partial charge in [-0.05, 0) is 49.6 Å². The van der Waals surface area contributed by atoms with E-state index in [1.807, 2.05) is 30.3 Å². The van der Waals surface area contributed by atoms with Crippen LogP contribution in [0.4, 0.5) is 0 Å². The standard InChI is InChI=1S/C24H30N2O2/c1-25-17-21(19-11-13-20(28-2)14-12-19)24-22(25)9-6-16-26(24)23(27)15-10-18-7-4-3-5-8-18/h3-5,7-8,11-14,21-22,24H,6,9-10,15-17H2,1-2H3/t21-,22-,24-/m1/s1. The van der Waals surface area contributed by atoms with Crippen molar-refractivity contribution in [2.45, 2.75) is 43.7 Å². The molecule has 0 unspecified atom stereocenters. The van der Waals surface area contributed by atoms with E-state index >= 15 is 0 Å². The van der Waals surface area contributed by atoms with Crippen LogP contribution in [0.2, 0.25) is 0 Å². The summed E-state index contributed by atoms with van der Waals surface area (Å²) in [6.45, 7) is 1.89. The Hall–Kier alpha value is -2.33. The lowest BCUT2D eigenvalue weighted by atomic mass is 9.85. The van der Waals surface area contributed by atoms with E-state index in [9.17, 15) is 4.79 Å². The predicted octanol–water partition coefficient (Wildman–Crippen LogP) is 3.72. The van der Waals surface area contributed by atoms with E-state index in [4.69, 9.17) is 4.74 Å². The van der Waals surface area contributed by atoms with Gasteiger partial charge in [0.05, 0.1) is 13.2 Å². The lowest BCUT2D eigenvalue weighted by Gasteiger charge is -2.41. The van der Waals surface area contributed by atoms with Gasteiger partial charge in [0.1, 0.15) is 5.75 Å². The zero-order valence-electron chi connectivity index (χ0n) is 16.9. The molecule has 0 bridgehead atoms. The van der Waals surface area contributed by atoms with Crippen LogP contribution in [0.15, 0.2) is 54.6 Å². The molecule has 0 aromatic heterocycles. The first kappa shape index (κ1) is 19.0. The fourth-order valence-electron chi connectivity index (χ4n) is 5.00. The van der Waals surface area contributed by atoms with Gasteiger partial charge in [-0.2, -0.15) is 0 Å². The fourth-order valence-corrected chi connectivity index (χ4v) is 5.00. The molecule has 0 saturated carbocycles. The van der Waals surface area contributed by atoms with Crippen LogP contribution in [0.3, 0.4) is 0 Å². The monoisotopic (exact) mass is 378 g/mol. The van der Waals surface area contributed by atoms with Gasteiger partial charge in [-0.1, -0.05) is 42.5 Å². The number of ether oxygens (including phenoxy) is 1. The van der Waals surface area contributed by atoms with Crippen LogP contribution in [0.1, 0.15) is 36.3 Å². The van der Waals surface area contributed by atoms with Crippen molar-refractivity contribution in [1.29, 1.82) is 0 Å². The summed E-state index contributed by atoms with van der Waals surface area (Å²) in [6.07, 6.45) is 3.68. The topological polar surface area (TPSA) is 32.8 Å². The van der Waals surface area contributed by atoms with Crippen LogP contribution >= 0.6 is 0 Å². The molecule has 2 aliphatic rings. The molecule has 2 aromatic rings. The summed E-state index contributed by atoms with van der Waals surface area (Å²) in [5.74, 6) is 1.54. The summed E-state index contributed by atoms with van der Waals surface area (Å²) >= 11 is 0. The number of aryl methyl sites for hydroxylation is 1. The van der Waals surface area contributed by atoms with E-state index in [1.165, 1.54) is 17.5 Å². The molecule has 2 fully saturated rings. The molecule has 2 aromatic carbocycles. The summed E-state index contributed by atoms with van der Waals surface area (Å²) in [5, 5.41) is 0. The lowest BCUT2D eigenvalue weighted by Crippen LogP contribution is -2.52. The van der Waals surface area contributed by atoms with E-state index < -0.39 is 0 Å². The van der Waals surface area contributed by atoms with Gasteiger partial charge in [-0.15, -0.1) is 0 Å². The molecule has 2 aliphatic heterocycles. The first-order valence-electron chi connectivity index (χ1n) is 10.3. The first-order chi connectivity index (χ1) is 13.7. The second-order valence-electron chi connectivity index (χ2n) is 8.09. The van der Waals surface area contributed by atoms with Crippen molar-refractivity contribution in [2.24, 2.45) is 0 Å². The van der Waals surface area contributed by atoms with Gasteiger partial charge in [0.25, 0.3) is 0 Å². The zero-order chi connectivity index (χ0) is 19.5. The highest BCUT2D eigenvalue weighted by Crippen LogP contribution is 2.40.